The second kappa shape index (κ2) is 11.5. The van der Waals surface area contributed by atoms with E-state index < -0.39 is 0 Å². The van der Waals surface area contributed by atoms with Crippen LogP contribution in [0.2, 0.25) is 0 Å². The lowest BCUT2D eigenvalue weighted by Gasteiger charge is -2.24. The van der Waals surface area contributed by atoms with E-state index in [1.165, 1.54) is 47.7 Å². The van der Waals surface area contributed by atoms with Gasteiger partial charge in [0.25, 0.3) is 0 Å². The SMILES string of the molecule is Cl.Cl.NCCCNCCC(c1cccnc1)c1cn(C2CC3CCC2C3)c2ccccc12. The summed E-state index contributed by atoms with van der Waals surface area (Å²) in [5, 5.41) is 4.99. The molecule has 32 heavy (non-hydrogen) atoms. The summed E-state index contributed by atoms with van der Waals surface area (Å²) in [5.41, 5.74) is 9.84. The van der Waals surface area contributed by atoms with Gasteiger partial charge in [-0.1, -0.05) is 30.7 Å². The average molecular weight is 476 g/mol. The Hall–Kier alpha value is -1.59. The van der Waals surface area contributed by atoms with Crippen LogP contribution in [-0.4, -0.2) is 29.2 Å². The zero-order chi connectivity index (χ0) is 20.3. The predicted octanol–water partition coefficient (Wildman–Crippen LogP) is 5.70. The van der Waals surface area contributed by atoms with E-state index in [0.29, 0.717) is 12.0 Å². The molecule has 2 heterocycles. The number of hydrogen-bond acceptors (Lipinski definition) is 3. The Bertz CT molecular complexity index is 974. The van der Waals surface area contributed by atoms with Crippen molar-refractivity contribution in [1.29, 1.82) is 0 Å². The first-order valence-electron chi connectivity index (χ1n) is 11.8. The van der Waals surface area contributed by atoms with Crippen LogP contribution in [0, 0.1) is 11.8 Å². The van der Waals surface area contributed by atoms with Crippen molar-refractivity contribution in [3.63, 3.8) is 0 Å². The van der Waals surface area contributed by atoms with Gasteiger partial charge in [0.1, 0.15) is 0 Å². The summed E-state index contributed by atoms with van der Waals surface area (Å²) in [6.45, 7) is 2.73. The number of nitrogens with two attached hydrogens (primary N) is 1. The normalized spacial score (nSPS) is 22.5. The number of fused-ring (bicyclic) bond motifs is 3. The van der Waals surface area contributed by atoms with Gasteiger partial charge in [-0.25, -0.2) is 0 Å². The maximum Gasteiger partial charge on any atom is 0.0486 e. The van der Waals surface area contributed by atoms with Gasteiger partial charge in [-0.15, -0.1) is 24.8 Å². The topological polar surface area (TPSA) is 55.9 Å². The zero-order valence-corrected chi connectivity index (χ0v) is 20.3. The molecule has 0 amide bonds. The molecule has 2 aromatic heterocycles. The number of pyridine rings is 1. The molecule has 0 spiro atoms. The molecular weight excluding hydrogens is 439 g/mol. The fourth-order valence-electron chi connectivity index (χ4n) is 6.02. The van der Waals surface area contributed by atoms with Crippen LogP contribution in [0.3, 0.4) is 0 Å². The van der Waals surface area contributed by atoms with Crippen LogP contribution in [0.1, 0.15) is 61.6 Å². The smallest absolute Gasteiger partial charge is 0.0486 e. The lowest BCUT2D eigenvalue weighted by atomic mass is 9.89. The van der Waals surface area contributed by atoms with Gasteiger partial charge in [0.15, 0.2) is 0 Å². The molecule has 2 aliphatic rings. The third kappa shape index (κ3) is 4.99. The standard InChI is InChI=1S/C26H34N4.2ClH/c27-11-4-13-28-14-10-22(21-5-3-12-29-17-21)24-18-30(25-7-2-1-6-23(24)25)26-16-19-8-9-20(26)15-19;;/h1-3,5-7,12,17-20,22,26,28H,4,8-11,13-16,27H2;2*1H. The van der Waals surface area contributed by atoms with Crippen molar-refractivity contribution in [3.05, 3.63) is 66.1 Å². The van der Waals surface area contributed by atoms with Gasteiger partial charge in [0, 0.05) is 41.5 Å². The lowest BCUT2D eigenvalue weighted by molar-refractivity contribution is 0.336. The van der Waals surface area contributed by atoms with E-state index in [0.717, 1.165) is 44.3 Å². The quantitative estimate of drug-likeness (QED) is 0.390. The van der Waals surface area contributed by atoms with E-state index in [9.17, 15) is 0 Å². The Balaban J connectivity index is 0.00000144. The van der Waals surface area contributed by atoms with Crippen molar-refractivity contribution >= 4 is 35.7 Å². The molecule has 4 unspecified atom stereocenters. The van der Waals surface area contributed by atoms with Crippen LogP contribution in [0.15, 0.2) is 55.0 Å². The average Bonchev–Trinajstić information content (AvgIpc) is 3.51. The molecule has 5 rings (SSSR count). The molecule has 2 aliphatic carbocycles. The molecule has 2 bridgehead atoms. The second-order valence-electron chi connectivity index (χ2n) is 9.27. The van der Waals surface area contributed by atoms with Crippen LogP contribution in [-0.2, 0) is 0 Å². The van der Waals surface area contributed by atoms with Gasteiger partial charge in [-0.3, -0.25) is 4.98 Å². The first-order valence-corrected chi connectivity index (χ1v) is 11.8. The van der Waals surface area contributed by atoms with Gasteiger partial charge in [0.05, 0.1) is 0 Å². The Morgan fingerprint density at radius 3 is 2.66 bits per heavy atom. The first-order chi connectivity index (χ1) is 14.8. The number of halogens is 2. The van der Waals surface area contributed by atoms with Crippen LogP contribution in [0.25, 0.3) is 10.9 Å². The van der Waals surface area contributed by atoms with Crippen LogP contribution in [0.4, 0.5) is 0 Å². The fraction of sp³-hybridized carbons (Fsp3) is 0.500. The van der Waals surface area contributed by atoms with E-state index in [1.54, 1.807) is 0 Å². The highest BCUT2D eigenvalue weighted by molar-refractivity contribution is 5.86. The highest BCUT2D eigenvalue weighted by atomic mass is 35.5. The van der Waals surface area contributed by atoms with Crippen molar-refractivity contribution in [2.45, 2.75) is 50.5 Å². The van der Waals surface area contributed by atoms with E-state index in [-0.39, 0.29) is 24.8 Å². The molecule has 2 saturated carbocycles. The number of hydrogen-bond donors (Lipinski definition) is 2. The summed E-state index contributed by atoms with van der Waals surface area (Å²) in [6, 6.07) is 14.0. The van der Waals surface area contributed by atoms with Crippen molar-refractivity contribution in [1.82, 2.24) is 14.9 Å². The largest absolute Gasteiger partial charge is 0.344 e. The van der Waals surface area contributed by atoms with Gasteiger partial charge < -0.3 is 15.6 Å². The molecule has 174 valence electrons. The van der Waals surface area contributed by atoms with Crippen molar-refractivity contribution in [2.75, 3.05) is 19.6 Å². The third-order valence-electron chi connectivity index (χ3n) is 7.46. The Morgan fingerprint density at radius 2 is 1.94 bits per heavy atom. The molecule has 3 N–H and O–H groups in total. The van der Waals surface area contributed by atoms with Crippen LogP contribution >= 0.6 is 24.8 Å². The summed E-state index contributed by atoms with van der Waals surface area (Å²) >= 11 is 0. The zero-order valence-electron chi connectivity index (χ0n) is 18.7. The molecule has 4 nitrogen and oxygen atoms in total. The highest BCUT2D eigenvalue weighted by Gasteiger charge is 2.41. The van der Waals surface area contributed by atoms with Crippen molar-refractivity contribution < 1.29 is 0 Å². The second-order valence-corrected chi connectivity index (χ2v) is 9.27. The maximum atomic E-state index is 5.65. The van der Waals surface area contributed by atoms with E-state index in [4.69, 9.17) is 5.73 Å². The van der Waals surface area contributed by atoms with Crippen molar-refractivity contribution in [2.24, 2.45) is 17.6 Å². The van der Waals surface area contributed by atoms with Crippen LogP contribution < -0.4 is 11.1 Å². The number of aromatic nitrogens is 2. The van der Waals surface area contributed by atoms with E-state index >= 15 is 0 Å². The number of para-hydroxylation sites is 1. The maximum absolute atomic E-state index is 5.65. The van der Waals surface area contributed by atoms with E-state index in [2.05, 4.69) is 57.5 Å². The lowest BCUT2D eigenvalue weighted by Crippen LogP contribution is -2.21. The minimum Gasteiger partial charge on any atom is -0.344 e. The Labute approximate surface area is 204 Å². The minimum absolute atomic E-state index is 0. The molecule has 6 heteroatoms. The molecule has 2 fully saturated rings. The number of nitrogens with zero attached hydrogens (tertiary/aromatic N) is 2. The number of benzene rings is 1. The summed E-state index contributed by atoms with van der Waals surface area (Å²) < 4.78 is 2.64. The Morgan fingerprint density at radius 1 is 1.06 bits per heavy atom. The van der Waals surface area contributed by atoms with Crippen molar-refractivity contribution in [3.8, 4) is 0 Å². The summed E-state index contributed by atoms with van der Waals surface area (Å²) in [5.74, 6) is 2.17. The summed E-state index contributed by atoms with van der Waals surface area (Å²) in [4.78, 5) is 4.44. The molecule has 0 radical (unpaired) electrons. The molecule has 3 aromatic rings. The third-order valence-corrected chi connectivity index (χ3v) is 7.46. The molecule has 1 aromatic carbocycles. The van der Waals surface area contributed by atoms with Gasteiger partial charge >= 0.3 is 0 Å². The molecule has 4 atom stereocenters. The fourth-order valence-corrected chi connectivity index (χ4v) is 6.02. The minimum atomic E-state index is 0. The number of nitrogens with one attached hydrogen (secondary N) is 1. The van der Waals surface area contributed by atoms with Gasteiger partial charge in [-0.2, -0.15) is 0 Å². The van der Waals surface area contributed by atoms with Crippen LogP contribution in [0.5, 0.6) is 0 Å². The highest BCUT2D eigenvalue weighted by Crippen LogP contribution is 2.52. The summed E-state index contributed by atoms with van der Waals surface area (Å²) in [6.07, 6.45) is 14.2. The Kier molecular flexibility index (Phi) is 9.01. The molecule has 0 aliphatic heterocycles. The first kappa shape index (κ1) is 25.0. The van der Waals surface area contributed by atoms with Gasteiger partial charge in [-0.05, 0) is 86.8 Å². The number of rotatable bonds is 9. The van der Waals surface area contributed by atoms with E-state index in [1.807, 2.05) is 12.4 Å². The monoisotopic (exact) mass is 474 g/mol. The summed E-state index contributed by atoms with van der Waals surface area (Å²) in [7, 11) is 0. The molecular formula is C26H36Cl2N4. The van der Waals surface area contributed by atoms with Gasteiger partial charge in [0.2, 0.25) is 0 Å². The predicted molar refractivity (Wildman–Crippen MR) is 138 cm³/mol. The molecule has 0 saturated heterocycles.